The average Bonchev–Trinajstić information content (AvgIpc) is 1.59. The van der Waals surface area contributed by atoms with Crippen molar-refractivity contribution in [2.75, 3.05) is 51.4 Å². The molecule has 3 aliphatic carbocycles. The first-order valence-corrected chi connectivity index (χ1v) is 43.1. The van der Waals surface area contributed by atoms with Gasteiger partial charge in [0.15, 0.2) is 17.4 Å². The molecule has 0 spiro atoms. The Bertz CT molecular complexity index is 5490. The van der Waals surface area contributed by atoms with Crippen LogP contribution in [-0.2, 0) is 69.8 Å². The van der Waals surface area contributed by atoms with E-state index in [1.807, 2.05) is 140 Å². The Kier molecular flexibility index (Phi) is 33.4. The first-order valence-electron chi connectivity index (χ1n) is 41.2. The molecule has 6 aromatic carbocycles. The van der Waals surface area contributed by atoms with Crippen LogP contribution in [-0.4, -0.2) is 170 Å². The summed E-state index contributed by atoms with van der Waals surface area (Å²) in [5, 5.41) is 27.9. The van der Waals surface area contributed by atoms with Crippen LogP contribution >= 0.6 is 34.2 Å². The van der Waals surface area contributed by atoms with Crippen LogP contribution in [0, 0.1) is 33.0 Å². The van der Waals surface area contributed by atoms with Gasteiger partial charge in [-0.2, -0.15) is 20.4 Å². The number of likely N-dealkylation sites (tertiary alicyclic amines) is 3. The van der Waals surface area contributed by atoms with E-state index < -0.39 is 16.8 Å². The maximum atomic E-state index is 13.0. The van der Waals surface area contributed by atoms with Gasteiger partial charge in [0.25, 0.3) is 5.56 Å². The number of nitrogens with two attached hydrogens (primary N) is 1. The number of aromatic amines is 1. The number of anilines is 1. The minimum atomic E-state index is -0.595. The molecule has 32 heteroatoms. The van der Waals surface area contributed by atoms with E-state index in [2.05, 4.69) is 122 Å². The second kappa shape index (κ2) is 42.9. The molecule has 3 aliphatic heterocycles. The number of nitrogens with one attached hydrogen (secondary N) is 3. The molecule has 7 heterocycles. The first kappa shape index (κ1) is 97.3. The van der Waals surface area contributed by atoms with E-state index in [4.69, 9.17) is 78.9 Å². The van der Waals surface area contributed by atoms with E-state index in [1.165, 1.54) is 46.7 Å². The Morgan fingerprint density at radius 3 is 1.12 bits per heavy atom. The third-order valence-corrected chi connectivity index (χ3v) is 22.7. The Labute approximate surface area is 759 Å². The zero-order chi connectivity index (χ0) is 88.8. The van der Waals surface area contributed by atoms with E-state index >= 15 is 0 Å². The van der Waals surface area contributed by atoms with Crippen molar-refractivity contribution >= 4 is 86.4 Å². The van der Waals surface area contributed by atoms with Gasteiger partial charge in [-0.05, 0) is 230 Å². The molecule has 3 atom stereocenters. The molecule has 16 rings (SSSR count). The number of ketones is 2. The summed E-state index contributed by atoms with van der Waals surface area (Å²) in [6, 6.07) is 48.0. The summed E-state index contributed by atoms with van der Waals surface area (Å²) in [7, 11) is 0. The van der Waals surface area contributed by atoms with Crippen LogP contribution < -0.4 is 25.5 Å². The third kappa shape index (κ3) is 24.0. The van der Waals surface area contributed by atoms with Crippen LogP contribution in [0.4, 0.5) is 25.9 Å². The quantitative estimate of drug-likeness (QED) is 0.0149. The number of nitrogen functional groups attached to an aromatic ring is 1. The SMILES string of the molecule is CC(=O)c1c(I)c(-c2ccc(OC3Cc4ccccc4C3)cc2)nn1[C@@H]1CCCN(C(=O)OC(C)(C)C)C1.CC(C)(C)OC(=O)N1CCC[C@@H](n2nc(-c3ccc(OC4Cc5ccccc5C4)cc3)c3c(N)n[nH]c(=O)c32)C1.CCl.N=N.O.[C-]#N.[C-]#[N+]c1c(-c2ccc(OC3Cc4ccccc4C3)cc2)nn([C@@H]2CCCN(C(=O)OC(C)(C)C)C2)c1C(C)=O.[Cu+].[HH]. The number of carbonyl (C=O) groups excluding carboxylic acids is 5. The molecule has 10 aromatic rings. The summed E-state index contributed by atoms with van der Waals surface area (Å²) < 4.78 is 41.6. The van der Waals surface area contributed by atoms with Gasteiger partial charge in [0.05, 0.1) is 39.3 Å². The van der Waals surface area contributed by atoms with Gasteiger partial charge in [-0.1, -0.05) is 84.9 Å². The fourth-order valence-electron chi connectivity index (χ4n) is 16.5. The molecule has 125 heavy (non-hydrogen) atoms. The number of H-pyrrole nitrogens is 1. The molecule has 7 N–H and O–H groups in total. The van der Waals surface area contributed by atoms with Crippen molar-refractivity contribution in [3.63, 3.8) is 0 Å². The van der Waals surface area contributed by atoms with Crippen LogP contribution in [0.1, 0.15) is 189 Å². The van der Waals surface area contributed by atoms with Crippen molar-refractivity contribution in [3.05, 3.63) is 222 Å². The molecular formula is C93H111ClCuIN16O13. The number of amides is 3. The Hall–Kier alpha value is -11.5. The van der Waals surface area contributed by atoms with Crippen molar-refractivity contribution in [1.82, 2.24) is 54.2 Å². The maximum Gasteiger partial charge on any atom is 1.00 e. The van der Waals surface area contributed by atoms with Gasteiger partial charge in [-0.15, -0.1) is 11.6 Å². The van der Waals surface area contributed by atoms with Crippen LogP contribution in [0.2, 0.25) is 0 Å². The van der Waals surface area contributed by atoms with Crippen molar-refractivity contribution < 1.29 is 76.4 Å². The Morgan fingerprint density at radius 1 is 0.504 bits per heavy atom. The fraction of sp³-hybridized carbons (Fsp3) is 0.419. The van der Waals surface area contributed by atoms with Gasteiger partial charge in [-0.3, -0.25) is 28.4 Å². The maximum absolute atomic E-state index is 13.0. The number of alkyl halides is 1. The number of aromatic nitrogens is 8. The van der Waals surface area contributed by atoms with Crippen molar-refractivity contribution in [2.24, 2.45) is 0 Å². The molecule has 0 bridgehead atoms. The first-order chi connectivity index (χ1) is 58.9. The topological polar surface area (TPSA) is 383 Å². The second-order valence-electron chi connectivity index (χ2n) is 34.1. The van der Waals surface area contributed by atoms with E-state index in [0.717, 1.165) is 120 Å². The number of ether oxygens (including phenoxy) is 6. The Balaban J connectivity index is 0.000000224. The number of fused-ring (bicyclic) bond motifs is 4. The number of benzene rings is 6. The van der Waals surface area contributed by atoms with Crippen molar-refractivity contribution in [1.29, 1.82) is 16.3 Å². The fourth-order valence-corrected chi connectivity index (χ4v) is 17.5. The van der Waals surface area contributed by atoms with Crippen LogP contribution in [0.3, 0.4) is 0 Å². The normalized spacial score (nSPS) is 16.6. The Morgan fingerprint density at radius 2 is 0.800 bits per heavy atom. The molecule has 0 saturated carbocycles. The predicted octanol–water partition coefficient (Wildman–Crippen LogP) is 18.4. The molecular weight excluding hydrogens is 1780 g/mol. The monoisotopic (exact) mass is 1880 g/mol. The second-order valence-corrected chi connectivity index (χ2v) is 35.2. The number of Topliss-reactive ketones (excluding diaryl/α,β-unsaturated/α-hetero) is 2. The van der Waals surface area contributed by atoms with Crippen molar-refractivity contribution in [2.45, 2.75) is 206 Å². The molecule has 666 valence electrons. The zero-order valence-corrected chi connectivity index (χ0v) is 76.3. The standard InChI is InChI=1S/C31H34N4O4.C30H34IN3O4.C30H34N6O4.CH3Cl.CN.Cu.H2N2.H2O.H2/c1-20(36)29-28(32-5)27(33-35(29)24-11-8-16-34(19-24)30(37)39-31(2,3)4)21-12-14-25(15-13-21)38-26-17-22-9-6-7-10-23(22)18-26;1-19(35)28-26(31)27(32-34(28)23-10-7-15-33(18-23)29(36)38-30(2,3)4)20-11-13-24(14-12-20)37-25-16-21-8-5-6-9-22(21)17-25;1-30(2,3)40-29(38)35-14-6-9-21(17-35)36-26-24(27(31)32-33-28(26)37)25(34-36)18-10-12-22(13-11-18)39-23-15-19-7-4-5-8-20(19)16-23;2*1-2;;1-2;;/h6-7,9-10,12-15,24,26H,8,11,16-19H2,1-4H3;5-6,8-9,11-14,23,25H,7,10,15-18H2,1-4H3;4-5,7-8,10-13,21,23H,6,9,14-17H2,1-3H3,(H2,31,32)(H,33,37);1H3;;;1-2H;1H2;1H/q;;;;-1;+1;;;/t24-;23-;21-;;;;;;/m111....../s1. The van der Waals surface area contributed by atoms with Crippen LogP contribution in [0.5, 0.6) is 17.2 Å². The van der Waals surface area contributed by atoms with Gasteiger partial charge in [-0.25, -0.2) is 35.4 Å². The number of rotatable bonds is 14. The summed E-state index contributed by atoms with van der Waals surface area (Å²) in [4.78, 5) is 85.5. The molecule has 4 aromatic heterocycles. The summed E-state index contributed by atoms with van der Waals surface area (Å²) in [6.07, 6.45) is 10.8. The molecule has 3 fully saturated rings. The molecule has 0 unspecified atom stereocenters. The van der Waals surface area contributed by atoms with Gasteiger partial charge in [0.2, 0.25) is 5.69 Å². The molecule has 3 saturated heterocycles. The summed E-state index contributed by atoms with van der Waals surface area (Å²) >= 11 is 6.86. The average molecular weight is 1890 g/mol. The smallest absolute Gasteiger partial charge is 0.512 e. The largest absolute Gasteiger partial charge is 1.00 e. The van der Waals surface area contributed by atoms with Gasteiger partial charge < -0.3 is 66.2 Å². The zero-order valence-electron chi connectivity index (χ0n) is 72.4. The van der Waals surface area contributed by atoms with Crippen LogP contribution in [0.15, 0.2) is 150 Å². The molecule has 6 aliphatic rings. The predicted molar refractivity (Wildman–Crippen MR) is 483 cm³/mol. The third-order valence-electron chi connectivity index (χ3n) is 21.7. The van der Waals surface area contributed by atoms with Gasteiger partial charge in [0, 0.05) is 104 Å². The minimum absolute atomic E-state index is 0. The minimum Gasteiger partial charge on any atom is -0.512 e. The number of halogens is 2. The summed E-state index contributed by atoms with van der Waals surface area (Å²) in [5.74, 6) is 2.29. The van der Waals surface area contributed by atoms with E-state index in [0.29, 0.717) is 67.3 Å². The van der Waals surface area contributed by atoms with E-state index in [-0.39, 0.29) is 113 Å². The number of hydrogen-bond acceptors (Lipinski definition) is 20. The molecule has 29 nitrogen and oxygen atoms in total. The van der Waals surface area contributed by atoms with Gasteiger partial charge in [0.1, 0.15) is 80.7 Å². The molecule has 3 amide bonds. The molecule has 0 radical (unpaired) electrons. The van der Waals surface area contributed by atoms with Crippen LogP contribution in [0.25, 0.3) is 49.5 Å². The number of nitrogens with zero attached hydrogens (tertiary/aromatic N) is 12. The van der Waals surface area contributed by atoms with E-state index in [9.17, 15) is 28.8 Å². The summed E-state index contributed by atoms with van der Waals surface area (Å²) in [6.45, 7) is 35.3. The number of piperidine rings is 3. The van der Waals surface area contributed by atoms with Gasteiger partial charge >= 0.3 is 35.3 Å². The van der Waals surface area contributed by atoms with Crippen molar-refractivity contribution in [3.8, 4) is 51.0 Å². The summed E-state index contributed by atoms with van der Waals surface area (Å²) in [5.41, 5.74) is 27.9. The number of hydrogen-bond donors (Lipinski definition) is 4. The van der Waals surface area contributed by atoms with E-state index in [1.54, 1.807) is 31.0 Å². The number of carbonyl (C=O) groups is 5.